The van der Waals surface area contributed by atoms with E-state index < -0.39 is 18.0 Å². The van der Waals surface area contributed by atoms with Crippen molar-refractivity contribution in [3.05, 3.63) is 12.2 Å². The number of carboxylic acid groups (broad SMARTS) is 1. The van der Waals surface area contributed by atoms with Crippen LogP contribution in [0.1, 0.15) is 26.1 Å². The van der Waals surface area contributed by atoms with Gasteiger partial charge in [0.05, 0.1) is 6.54 Å². The summed E-state index contributed by atoms with van der Waals surface area (Å²) >= 11 is 0. The van der Waals surface area contributed by atoms with Crippen LogP contribution in [0.15, 0.2) is 6.33 Å². The van der Waals surface area contributed by atoms with Gasteiger partial charge in [-0.15, -0.1) is 0 Å². The van der Waals surface area contributed by atoms with E-state index in [2.05, 4.69) is 20.7 Å². The Bertz CT molecular complexity index is 445. The number of nitrogens with one attached hydrogen (secondary N) is 2. The molecular formula is C11H19N5O3. The SMILES string of the molecule is CCC(C)[C@H](NC(=O)NCc1ncn(C)n1)C(=O)O. The van der Waals surface area contributed by atoms with Gasteiger partial charge in [-0.3, -0.25) is 4.68 Å². The zero-order chi connectivity index (χ0) is 14.4. The van der Waals surface area contributed by atoms with Gasteiger partial charge in [-0.1, -0.05) is 20.3 Å². The van der Waals surface area contributed by atoms with Crippen molar-refractivity contribution in [3.63, 3.8) is 0 Å². The number of hydrogen-bond donors (Lipinski definition) is 3. The van der Waals surface area contributed by atoms with Crippen molar-refractivity contribution in [2.45, 2.75) is 32.9 Å². The molecule has 1 heterocycles. The van der Waals surface area contributed by atoms with Gasteiger partial charge in [0.2, 0.25) is 0 Å². The molecule has 1 rings (SSSR count). The first-order valence-electron chi connectivity index (χ1n) is 6.05. The van der Waals surface area contributed by atoms with Crippen LogP contribution in [0.5, 0.6) is 0 Å². The second-order valence-electron chi connectivity index (χ2n) is 4.36. The normalized spacial score (nSPS) is 13.6. The molecule has 1 aromatic heterocycles. The molecule has 0 aromatic carbocycles. The molecule has 0 saturated heterocycles. The molecule has 106 valence electrons. The van der Waals surface area contributed by atoms with Crippen molar-refractivity contribution >= 4 is 12.0 Å². The Hall–Kier alpha value is -2.12. The van der Waals surface area contributed by atoms with Gasteiger partial charge < -0.3 is 15.7 Å². The standard InChI is InChI=1S/C11H19N5O3/c1-4-7(2)9(10(17)18)14-11(19)12-5-8-13-6-16(3)15-8/h6-7,9H,4-5H2,1-3H3,(H,17,18)(H2,12,14,19)/t7?,9-/m0/s1. The minimum Gasteiger partial charge on any atom is -0.480 e. The summed E-state index contributed by atoms with van der Waals surface area (Å²) in [7, 11) is 1.72. The molecule has 3 N–H and O–H groups in total. The van der Waals surface area contributed by atoms with Crippen LogP contribution < -0.4 is 10.6 Å². The molecule has 0 aliphatic rings. The molecule has 0 radical (unpaired) electrons. The maximum absolute atomic E-state index is 11.6. The molecule has 0 saturated carbocycles. The van der Waals surface area contributed by atoms with Gasteiger partial charge in [-0.2, -0.15) is 5.10 Å². The summed E-state index contributed by atoms with van der Waals surface area (Å²) in [5.41, 5.74) is 0. The van der Waals surface area contributed by atoms with Crippen LogP contribution in [0.4, 0.5) is 4.79 Å². The van der Waals surface area contributed by atoms with Gasteiger partial charge in [0.1, 0.15) is 12.4 Å². The van der Waals surface area contributed by atoms with Crippen molar-refractivity contribution in [1.82, 2.24) is 25.4 Å². The fourth-order valence-corrected chi connectivity index (χ4v) is 1.50. The number of carbonyl (C=O) groups is 2. The smallest absolute Gasteiger partial charge is 0.326 e. The largest absolute Gasteiger partial charge is 0.480 e. The second kappa shape index (κ2) is 6.72. The van der Waals surface area contributed by atoms with Gasteiger partial charge >= 0.3 is 12.0 Å². The summed E-state index contributed by atoms with van der Waals surface area (Å²) in [4.78, 5) is 26.6. The van der Waals surface area contributed by atoms with Crippen molar-refractivity contribution in [3.8, 4) is 0 Å². The number of amides is 2. The Morgan fingerprint density at radius 3 is 2.68 bits per heavy atom. The number of nitrogens with zero attached hydrogens (tertiary/aromatic N) is 3. The fraction of sp³-hybridized carbons (Fsp3) is 0.636. The van der Waals surface area contributed by atoms with Crippen molar-refractivity contribution in [1.29, 1.82) is 0 Å². The minimum absolute atomic E-state index is 0.142. The quantitative estimate of drug-likeness (QED) is 0.679. The summed E-state index contributed by atoms with van der Waals surface area (Å²) in [6.07, 6.45) is 2.19. The molecule has 0 aliphatic heterocycles. The Labute approximate surface area is 111 Å². The predicted molar refractivity (Wildman–Crippen MR) is 67.3 cm³/mol. The van der Waals surface area contributed by atoms with E-state index in [0.29, 0.717) is 12.2 Å². The number of rotatable bonds is 6. The summed E-state index contributed by atoms with van der Waals surface area (Å²) in [5, 5.41) is 18.0. The zero-order valence-electron chi connectivity index (χ0n) is 11.3. The number of aryl methyl sites for hydroxylation is 1. The lowest BCUT2D eigenvalue weighted by Crippen LogP contribution is -2.48. The molecule has 2 amide bonds. The molecule has 2 atom stereocenters. The summed E-state index contributed by atoms with van der Waals surface area (Å²) in [6, 6.07) is -1.44. The zero-order valence-corrected chi connectivity index (χ0v) is 11.3. The number of hydrogen-bond acceptors (Lipinski definition) is 4. The third kappa shape index (κ3) is 4.57. The number of carbonyl (C=O) groups excluding carboxylic acids is 1. The van der Waals surface area contributed by atoms with E-state index in [1.165, 1.54) is 11.0 Å². The lowest BCUT2D eigenvalue weighted by molar-refractivity contribution is -0.140. The van der Waals surface area contributed by atoms with Crippen LogP contribution in [0.2, 0.25) is 0 Å². The van der Waals surface area contributed by atoms with Crippen molar-refractivity contribution in [2.24, 2.45) is 13.0 Å². The lowest BCUT2D eigenvalue weighted by Gasteiger charge is -2.20. The van der Waals surface area contributed by atoms with Gasteiger partial charge in [0, 0.05) is 7.05 Å². The van der Waals surface area contributed by atoms with Crippen LogP contribution in [-0.4, -0.2) is 37.9 Å². The number of aliphatic carboxylic acids is 1. The monoisotopic (exact) mass is 269 g/mol. The average Bonchev–Trinajstić information content (AvgIpc) is 2.78. The molecule has 0 spiro atoms. The highest BCUT2D eigenvalue weighted by atomic mass is 16.4. The lowest BCUT2D eigenvalue weighted by atomic mass is 9.99. The summed E-state index contributed by atoms with van der Waals surface area (Å²) < 4.78 is 1.52. The molecular weight excluding hydrogens is 250 g/mol. The molecule has 1 aromatic rings. The Morgan fingerprint density at radius 2 is 2.21 bits per heavy atom. The van der Waals surface area contributed by atoms with E-state index in [-0.39, 0.29) is 12.5 Å². The number of carboxylic acids is 1. The number of aromatic nitrogens is 3. The van der Waals surface area contributed by atoms with E-state index in [1.807, 2.05) is 6.92 Å². The predicted octanol–water partition coefficient (Wildman–Crippen LogP) is 0.114. The van der Waals surface area contributed by atoms with E-state index in [1.54, 1.807) is 14.0 Å². The molecule has 8 nitrogen and oxygen atoms in total. The van der Waals surface area contributed by atoms with Crippen LogP contribution in [0.25, 0.3) is 0 Å². The Kier molecular flexibility index (Phi) is 5.28. The second-order valence-corrected chi connectivity index (χ2v) is 4.36. The third-order valence-electron chi connectivity index (χ3n) is 2.82. The Balaban J connectivity index is 2.46. The minimum atomic E-state index is -1.04. The molecule has 19 heavy (non-hydrogen) atoms. The third-order valence-corrected chi connectivity index (χ3v) is 2.82. The first-order valence-corrected chi connectivity index (χ1v) is 6.05. The summed E-state index contributed by atoms with van der Waals surface area (Å²) in [5.74, 6) is -0.718. The highest BCUT2D eigenvalue weighted by Gasteiger charge is 2.25. The molecule has 0 bridgehead atoms. The highest BCUT2D eigenvalue weighted by Crippen LogP contribution is 2.07. The maximum Gasteiger partial charge on any atom is 0.326 e. The first-order chi connectivity index (χ1) is 8.93. The van der Waals surface area contributed by atoms with Crippen LogP contribution >= 0.6 is 0 Å². The molecule has 0 fully saturated rings. The molecule has 0 aliphatic carbocycles. The number of urea groups is 1. The first kappa shape index (κ1) is 14.9. The van der Waals surface area contributed by atoms with E-state index in [0.717, 1.165) is 0 Å². The van der Waals surface area contributed by atoms with Crippen LogP contribution in [-0.2, 0) is 18.4 Å². The van der Waals surface area contributed by atoms with Crippen molar-refractivity contribution in [2.75, 3.05) is 0 Å². The molecule has 1 unspecified atom stereocenters. The fourth-order valence-electron chi connectivity index (χ4n) is 1.50. The van der Waals surface area contributed by atoms with Gasteiger partial charge in [0.25, 0.3) is 0 Å². The maximum atomic E-state index is 11.6. The van der Waals surface area contributed by atoms with E-state index >= 15 is 0 Å². The van der Waals surface area contributed by atoms with Crippen LogP contribution in [0.3, 0.4) is 0 Å². The van der Waals surface area contributed by atoms with E-state index in [4.69, 9.17) is 5.11 Å². The van der Waals surface area contributed by atoms with Crippen LogP contribution in [0, 0.1) is 5.92 Å². The van der Waals surface area contributed by atoms with Gasteiger partial charge in [-0.05, 0) is 5.92 Å². The van der Waals surface area contributed by atoms with Gasteiger partial charge in [-0.25, -0.2) is 14.6 Å². The molecule has 8 heteroatoms. The Morgan fingerprint density at radius 1 is 1.53 bits per heavy atom. The van der Waals surface area contributed by atoms with Crippen molar-refractivity contribution < 1.29 is 14.7 Å². The van der Waals surface area contributed by atoms with Gasteiger partial charge in [0.15, 0.2) is 5.82 Å². The average molecular weight is 269 g/mol. The van der Waals surface area contributed by atoms with E-state index in [9.17, 15) is 9.59 Å². The highest BCUT2D eigenvalue weighted by molar-refractivity contribution is 5.82. The summed E-state index contributed by atoms with van der Waals surface area (Å²) in [6.45, 7) is 3.80. The topological polar surface area (TPSA) is 109 Å².